The molecule has 0 spiro atoms. The first kappa shape index (κ1) is 14.0. The van der Waals surface area contributed by atoms with Gasteiger partial charge in [0.25, 0.3) is 0 Å². The van der Waals surface area contributed by atoms with Crippen molar-refractivity contribution in [3.63, 3.8) is 0 Å². The number of aliphatic hydroxyl groups excluding tert-OH is 1. The highest BCUT2D eigenvalue weighted by Crippen LogP contribution is 2.19. The molecule has 5 heteroatoms. The summed E-state index contributed by atoms with van der Waals surface area (Å²) in [5.41, 5.74) is 0.608. The van der Waals surface area contributed by atoms with E-state index in [0.717, 1.165) is 0 Å². The molecule has 0 radical (unpaired) electrons. The molecule has 3 N–H and O–H groups in total. The van der Waals surface area contributed by atoms with Gasteiger partial charge in [0.15, 0.2) is 0 Å². The van der Waals surface area contributed by atoms with Gasteiger partial charge in [-0.25, -0.2) is 0 Å². The maximum atomic E-state index is 11.5. The van der Waals surface area contributed by atoms with Gasteiger partial charge in [0.1, 0.15) is 0 Å². The number of nitrogens with one attached hydrogen (secondary N) is 2. The second-order valence-corrected chi connectivity index (χ2v) is 4.35. The van der Waals surface area contributed by atoms with E-state index in [0.29, 0.717) is 17.3 Å². The molecule has 0 saturated carbocycles. The Morgan fingerprint density at radius 1 is 1.47 bits per heavy atom. The zero-order chi connectivity index (χ0) is 12.7. The molecule has 1 aromatic carbocycles. The molecule has 94 valence electrons. The molecule has 0 heterocycles. The van der Waals surface area contributed by atoms with Crippen molar-refractivity contribution in [1.29, 1.82) is 0 Å². The lowest BCUT2D eigenvalue weighted by molar-refractivity contribution is -0.115. The van der Waals surface area contributed by atoms with E-state index in [2.05, 4.69) is 10.6 Å². The third-order valence-corrected chi connectivity index (χ3v) is 2.57. The van der Waals surface area contributed by atoms with Crippen LogP contribution in [-0.4, -0.2) is 30.7 Å². The molecule has 17 heavy (non-hydrogen) atoms. The standard InChI is InChI=1S/C12H17ClN2O2/c1-9(8-16)6-14-7-12(17)15-11-5-3-2-4-10(11)13/h2-5,9,14,16H,6-8H2,1H3,(H,15,17). The Balaban J connectivity index is 2.33. The second-order valence-electron chi connectivity index (χ2n) is 3.95. The van der Waals surface area contributed by atoms with E-state index in [4.69, 9.17) is 16.7 Å². The minimum absolute atomic E-state index is 0.110. The first-order chi connectivity index (χ1) is 8.13. The smallest absolute Gasteiger partial charge is 0.238 e. The summed E-state index contributed by atoms with van der Waals surface area (Å²) >= 11 is 5.91. The molecule has 0 saturated heterocycles. The van der Waals surface area contributed by atoms with Crippen LogP contribution in [0.2, 0.25) is 5.02 Å². The molecule has 4 nitrogen and oxygen atoms in total. The molecule has 1 atom stereocenters. The highest BCUT2D eigenvalue weighted by molar-refractivity contribution is 6.33. The molecule has 0 aliphatic rings. The van der Waals surface area contributed by atoms with Crippen LogP contribution < -0.4 is 10.6 Å². The fourth-order valence-electron chi connectivity index (χ4n) is 1.25. The molecule has 0 aliphatic heterocycles. The Labute approximate surface area is 106 Å². The fourth-order valence-corrected chi connectivity index (χ4v) is 1.44. The first-order valence-corrected chi connectivity index (χ1v) is 5.87. The van der Waals surface area contributed by atoms with Crippen LogP contribution in [0.15, 0.2) is 24.3 Å². The van der Waals surface area contributed by atoms with Crippen LogP contribution in [0.4, 0.5) is 5.69 Å². The number of benzene rings is 1. The number of aliphatic hydroxyl groups is 1. The van der Waals surface area contributed by atoms with Gasteiger partial charge in [0.2, 0.25) is 5.91 Å². The third kappa shape index (κ3) is 5.17. The van der Waals surface area contributed by atoms with Gasteiger partial charge in [0.05, 0.1) is 17.3 Å². The minimum atomic E-state index is -0.150. The van der Waals surface area contributed by atoms with E-state index in [-0.39, 0.29) is 25.0 Å². The van der Waals surface area contributed by atoms with Crippen LogP contribution in [0.25, 0.3) is 0 Å². The summed E-state index contributed by atoms with van der Waals surface area (Å²) in [5.74, 6) is -0.00801. The zero-order valence-electron chi connectivity index (χ0n) is 9.74. The number of anilines is 1. The Bertz CT molecular complexity index is 371. The van der Waals surface area contributed by atoms with Crippen LogP contribution in [0.3, 0.4) is 0 Å². The number of para-hydroxylation sites is 1. The summed E-state index contributed by atoms with van der Waals surface area (Å²) in [6, 6.07) is 7.08. The van der Waals surface area contributed by atoms with E-state index in [9.17, 15) is 4.79 Å². The fraction of sp³-hybridized carbons (Fsp3) is 0.417. The molecule has 1 aromatic rings. The van der Waals surface area contributed by atoms with Crippen LogP contribution in [0, 0.1) is 5.92 Å². The lowest BCUT2D eigenvalue weighted by atomic mass is 10.2. The monoisotopic (exact) mass is 256 g/mol. The van der Waals surface area contributed by atoms with Crippen molar-refractivity contribution in [3.05, 3.63) is 29.3 Å². The van der Waals surface area contributed by atoms with Crippen molar-refractivity contribution < 1.29 is 9.90 Å². The lowest BCUT2D eigenvalue weighted by Gasteiger charge is -2.10. The highest BCUT2D eigenvalue weighted by Gasteiger charge is 2.05. The summed E-state index contributed by atoms with van der Waals surface area (Å²) in [7, 11) is 0. The molecular weight excluding hydrogens is 240 g/mol. The van der Waals surface area contributed by atoms with Gasteiger partial charge in [-0.2, -0.15) is 0 Å². The van der Waals surface area contributed by atoms with E-state index >= 15 is 0 Å². The Morgan fingerprint density at radius 3 is 2.82 bits per heavy atom. The number of amides is 1. The van der Waals surface area contributed by atoms with Crippen molar-refractivity contribution in [2.24, 2.45) is 5.92 Å². The Hall–Kier alpha value is -1.10. The summed E-state index contributed by atoms with van der Waals surface area (Å²) in [6.45, 7) is 2.82. The number of carbonyl (C=O) groups excluding carboxylic acids is 1. The predicted molar refractivity (Wildman–Crippen MR) is 69.2 cm³/mol. The topological polar surface area (TPSA) is 61.4 Å². The number of halogens is 1. The minimum Gasteiger partial charge on any atom is -0.396 e. The van der Waals surface area contributed by atoms with Crippen LogP contribution in [0.5, 0.6) is 0 Å². The average Bonchev–Trinajstić information content (AvgIpc) is 2.32. The molecular formula is C12H17ClN2O2. The van der Waals surface area contributed by atoms with Crippen LogP contribution in [-0.2, 0) is 4.79 Å². The maximum Gasteiger partial charge on any atom is 0.238 e. The molecule has 0 fully saturated rings. The van der Waals surface area contributed by atoms with Gasteiger partial charge in [-0.1, -0.05) is 30.7 Å². The van der Waals surface area contributed by atoms with Gasteiger partial charge in [-0.15, -0.1) is 0 Å². The zero-order valence-corrected chi connectivity index (χ0v) is 10.5. The highest BCUT2D eigenvalue weighted by atomic mass is 35.5. The maximum absolute atomic E-state index is 11.5. The second kappa shape index (κ2) is 7.27. The number of hydrogen-bond acceptors (Lipinski definition) is 3. The summed E-state index contributed by atoms with van der Waals surface area (Å²) < 4.78 is 0. The molecule has 1 rings (SSSR count). The normalized spacial score (nSPS) is 12.2. The van der Waals surface area contributed by atoms with Gasteiger partial charge < -0.3 is 15.7 Å². The quantitative estimate of drug-likeness (QED) is 0.723. The van der Waals surface area contributed by atoms with Gasteiger partial charge in [-0.3, -0.25) is 4.79 Å². The van der Waals surface area contributed by atoms with Crippen molar-refractivity contribution in [1.82, 2.24) is 5.32 Å². The van der Waals surface area contributed by atoms with E-state index in [1.54, 1.807) is 18.2 Å². The van der Waals surface area contributed by atoms with Crippen LogP contribution in [0.1, 0.15) is 6.92 Å². The van der Waals surface area contributed by atoms with Crippen molar-refractivity contribution in [3.8, 4) is 0 Å². The largest absolute Gasteiger partial charge is 0.396 e. The van der Waals surface area contributed by atoms with E-state index < -0.39 is 0 Å². The first-order valence-electron chi connectivity index (χ1n) is 5.49. The van der Waals surface area contributed by atoms with Gasteiger partial charge in [0, 0.05) is 13.2 Å². The molecule has 0 aromatic heterocycles. The third-order valence-electron chi connectivity index (χ3n) is 2.24. The predicted octanol–water partition coefficient (Wildman–Crippen LogP) is 1.50. The number of hydrogen-bond donors (Lipinski definition) is 3. The Morgan fingerprint density at radius 2 is 2.18 bits per heavy atom. The molecule has 0 aliphatic carbocycles. The van der Waals surface area contributed by atoms with Gasteiger partial charge >= 0.3 is 0 Å². The number of rotatable bonds is 6. The summed E-state index contributed by atoms with van der Waals surface area (Å²) in [6.07, 6.45) is 0. The summed E-state index contributed by atoms with van der Waals surface area (Å²) in [5, 5.41) is 15.0. The van der Waals surface area contributed by atoms with E-state index in [1.165, 1.54) is 0 Å². The van der Waals surface area contributed by atoms with E-state index in [1.807, 2.05) is 13.0 Å². The average molecular weight is 257 g/mol. The molecule has 1 amide bonds. The van der Waals surface area contributed by atoms with Crippen molar-refractivity contribution >= 4 is 23.2 Å². The van der Waals surface area contributed by atoms with Gasteiger partial charge in [-0.05, 0) is 18.1 Å². The van der Waals surface area contributed by atoms with Crippen LogP contribution >= 0.6 is 11.6 Å². The lowest BCUT2D eigenvalue weighted by Crippen LogP contribution is -2.32. The Kier molecular flexibility index (Phi) is 5.97. The summed E-state index contributed by atoms with van der Waals surface area (Å²) in [4.78, 5) is 11.5. The SMILES string of the molecule is CC(CO)CNCC(=O)Nc1ccccc1Cl. The molecule has 1 unspecified atom stereocenters. The van der Waals surface area contributed by atoms with Crippen molar-refractivity contribution in [2.75, 3.05) is 25.0 Å². The van der Waals surface area contributed by atoms with Crippen molar-refractivity contribution in [2.45, 2.75) is 6.92 Å². The number of carbonyl (C=O) groups is 1. The molecule has 0 bridgehead atoms.